The molecule has 0 unspecified atom stereocenters. The molecule has 5 nitrogen and oxygen atoms in total. The summed E-state index contributed by atoms with van der Waals surface area (Å²) in [5, 5.41) is 3.27. The maximum absolute atomic E-state index is 12.6. The van der Waals surface area contributed by atoms with Crippen LogP contribution in [0, 0.1) is 0 Å². The van der Waals surface area contributed by atoms with Crippen molar-refractivity contribution in [3.05, 3.63) is 24.3 Å². The molecule has 1 heterocycles. The van der Waals surface area contributed by atoms with Crippen LogP contribution in [0.2, 0.25) is 0 Å². The number of anilines is 1. The first-order chi connectivity index (χ1) is 13.7. The summed E-state index contributed by atoms with van der Waals surface area (Å²) >= 11 is 0. The van der Waals surface area contributed by atoms with Crippen LogP contribution in [0.25, 0.3) is 0 Å². The van der Waals surface area contributed by atoms with Gasteiger partial charge in [0.15, 0.2) is 0 Å². The molecule has 2 amide bonds. The molecule has 0 aliphatic carbocycles. The summed E-state index contributed by atoms with van der Waals surface area (Å²) in [6.45, 7) is 3.04. The van der Waals surface area contributed by atoms with Crippen LogP contribution in [-0.4, -0.2) is 31.5 Å². The molecule has 1 saturated heterocycles. The summed E-state index contributed by atoms with van der Waals surface area (Å²) in [7, 11) is 1.59. The second-order valence-corrected chi connectivity index (χ2v) is 7.66. The number of methoxy groups -OCH3 is 1. The van der Waals surface area contributed by atoms with E-state index in [0.717, 1.165) is 13.0 Å². The number of carbonyl (C=O) groups excluding carboxylic acids is 2. The van der Waals surface area contributed by atoms with Crippen LogP contribution in [0.5, 0.6) is 5.75 Å². The Kier molecular flexibility index (Phi) is 10.0. The maximum atomic E-state index is 12.6. The fourth-order valence-corrected chi connectivity index (χ4v) is 3.68. The van der Waals surface area contributed by atoms with Gasteiger partial charge in [-0.1, -0.05) is 64.7 Å². The number of imide groups is 1. The topological polar surface area (TPSA) is 58.6 Å². The number of amides is 2. The first-order valence-corrected chi connectivity index (χ1v) is 10.9. The van der Waals surface area contributed by atoms with Gasteiger partial charge < -0.3 is 10.1 Å². The number of nitrogens with one attached hydrogen (secondary N) is 1. The van der Waals surface area contributed by atoms with Crippen LogP contribution in [-0.2, 0) is 9.59 Å². The zero-order valence-electron chi connectivity index (χ0n) is 17.5. The summed E-state index contributed by atoms with van der Waals surface area (Å²) in [5.74, 6) is 0.413. The van der Waals surface area contributed by atoms with E-state index in [1.54, 1.807) is 31.4 Å². The lowest BCUT2D eigenvalue weighted by Crippen LogP contribution is -2.39. The first kappa shape index (κ1) is 22.4. The van der Waals surface area contributed by atoms with Crippen molar-refractivity contribution < 1.29 is 14.3 Å². The molecule has 1 atom stereocenters. The Bertz CT molecular complexity index is 600. The van der Waals surface area contributed by atoms with E-state index >= 15 is 0 Å². The largest absolute Gasteiger partial charge is 0.497 e. The van der Waals surface area contributed by atoms with Crippen LogP contribution >= 0.6 is 0 Å². The van der Waals surface area contributed by atoms with E-state index in [1.807, 2.05) is 0 Å². The highest BCUT2D eigenvalue weighted by molar-refractivity contribution is 6.22. The quantitative estimate of drug-likeness (QED) is 0.366. The number of unbranched alkanes of at least 4 members (excludes halogenated alkanes) is 9. The molecule has 1 aliphatic heterocycles. The normalized spacial score (nSPS) is 16.8. The van der Waals surface area contributed by atoms with Crippen LogP contribution in [0.15, 0.2) is 24.3 Å². The lowest BCUT2D eigenvalue weighted by atomic mass is 10.1. The number of hydrogen-bond acceptors (Lipinski definition) is 4. The summed E-state index contributed by atoms with van der Waals surface area (Å²) in [4.78, 5) is 26.2. The van der Waals surface area contributed by atoms with Crippen molar-refractivity contribution in [1.82, 2.24) is 5.32 Å². The molecule has 0 radical (unpaired) electrons. The minimum absolute atomic E-state index is 0.143. The average molecular weight is 389 g/mol. The van der Waals surface area contributed by atoms with Gasteiger partial charge in [-0.25, -0.2) is 4.90 Å². The molecule has 1 fully saturated rings. The van der Waals surface area contributed by atoms with Crippen molar-refractivity contribution in [2.24, 2.45) is 0 Å². The van der Waals surface area contributed by atoms with Gasteiger partial charge in [0.25, 0.3) is 5.91 Å². The summed E-state index contributed by atoms with van der Waals surface area (Å²) in [6, 6.07) is 6.63. The average Bonchev–Trinajstić information content (AvgIpc) is 2.99. The highest BCUT2D eigenvalue weighted by Gasteiger charge is 2.39. The lowest BCUT2D eigenvalue weighted by molar-refractivity contribution is -0.121. The highest BCUT2D eigenvalue weighted by atomic mass is 16.5. The molecule has 1 N–H and O–H groups in total. The van der Waals surface area contributed by atoms with Crippen molar-refractivity contribution in [2.75, 3.05) is 18.6 Å². The predicted octanol–water partition coefficient (Wildman–Crippen LogP) is 4.84. The monoisotopic (exact) mass is 388 g/mol. The molecular weight excluding hydrogens is 352 g/mol. The number of hydrogen-bond donors (Lipinski definition) is 1. The molecular formula is C23H36N2O3. The van der Waals surface area contributed by atoms with Crippen molar-refractivity contribution in [3.63, 3.8) is 0 Å². The van der Waals surface area contributed by atoms with E-state index < -0.39 is 6.04 Å². The van der Waals surface area contributed by atoms with Gasteiger partial charge in [-0.3, -0.25) is 9.59 Å². The number of rotatable bonds is 14. The Labute approximate surface area is 169 Å². The number of ether oxygens (including phenoxy) is 1. The summed E-state index contributed by atoms with van der Waals surface area (Å²) in [6.07, 6.45) is 13.1. The molecule has 1 aliphatic rings. The number of carbonyl (C=O) groups is 2. The standard InChI is InChI=1S/C23H36N2O3/c1-3-4-5-6-7-8-9-10-11-12-17-24-21-18-22(26)25(23(21)27)19-13-15-20(28-2)16-14-19/h13-16,21,24H,3-12,17-18H2,1-2H3/t21-/m0/s1. The smallest absolute Gasteiger partial charge is 0.251 e. The van der Waals surface area contributed by atoms with Crippen molar-refractivity contribution in [2.45, 2.75) is 83.6 Å². The molecule has 156 valence electrons. The third-order valence-corrected chi connectivity index (χ3v) is 5.40. The van der Waals surface area contributed by atoms with Crippen LogP contribution in [0.4, 0.5) is 5.69 Å². The van der Waals surface area contributed by atoms with E-state index in [4.69, 9.17) is 4.74 Å². The summed E-state index contributed by atoms with van der Waals surface area (Å²) in [5.41, 5.74) is 0.610. The molecule has 1 aromatic rings. The predicted molar refractivity (Wildman–Crippen MR) is 114 cm³/mol. The van der Waals surface area contributed by atoms with E-state index in [1.165, 1.54) is 62.7 Å². The SMILES string of the molecule is CCCCCCCCCCCCN[C@H]1CC(=O)N(c2ccc(OC)cc2)C1=O. The van der Waals surface area contributed by atoms with Crippen LogP contribution < -0.4 is 15.0 Å². The fraction of sp³-hybridized carbons (Fsp3) is 0.652. The molecule has 1 aromatic carbocycles. The van der Waals surface area contributed by atoms with Crippen LogP contribution in [0.3, 0.4) is 0 Å². The van der Waals surface area contributed by atoms with E-state index in [9.17, 15) is 9.59 Å². The minimum atomic E-state index is -0.395. The van der Waals surface area contributed by atoms with Gasteiger partial charge in [-0.05, 0) is 37.2 Å². The summed E-state index contributed by atoms with van der Waals surface area (Å²) < 4.78 is 5.13. The fourth-order valence-electron chi connectivity index (χ4n) is 3.68. The van der Waals surface area contributed by atoms with Gasteiger partial charge in [0.1, 0.15) is 5.75 Å². The third kappa shape index (κ3) is 6.93. The molecule has 5 heteroatoms. The lowest BCUT2D eigenvalue weighted by Gasteiger charge is -2.16. The third-order valence-electron chi connectivity index (χ3n) is 5.40. The van der Waals surface area contributed by atoms with Gasteiger partial charge >= 0.3 is 0 Å². The molecule has 0 spiro atoms. The maximum Gasteiger partial charge on any atom is 0.251 e. The zero-order chi connectivity index (χ0) is 20.2. The second kappa shape index (κ2) is 12.6. The van der Waals surface area contributed by atoms with E-state index in [-0.39, 0.29) is 18.2 Å². The van der Waals surface area contributed by atoms with Gasteiger partial charge in [0.05, 0.1) is 25.3 Å². The molecule has 28 heavy (non-hydrogen) atoms. The zero-order valence-corrected chi connectivity index (χ0v) is 17.5. The van der Waals surface area contributed by atoms with Crippen molar-refractivity contribution in [3.8, 4) is 5.75 Å². The van der Waals surface area contributed by atoms with Crippen molar-refractivity contribution >= 4 is 17.5 Å². The number of benzene rings is 1. The molecule has 0 saturated carbocycles. The van der Waals surface area contributed by atoms with Crippen molar-refractivity contribution in [1.29, 1.82) is 0 Å². The Hall–Kier alpha value is -1.88. The van der Waals surface area contributed by atoms with Gasteiger partial charge in [0, 0.05) is 0 Å². The van der Waals surface area contributed by atoms with E-state index in [0.29, 0.717) is 11.4 Å². The van der Waals surface area contributed by atoms with Crippen LogP contribution in [0.1, 0.15) is 77.6 Å². The Morgan fingerprint density at radius 2 is 1.50 bits per heavy atom. The van der Waals surface area contributed by atoms with Gasteiger partial charge in [-0.15, -0.1) is 0 Å². The van der Waals surface area contributed by atoms with Gasteiger partial charge in [0.2, 0.25) is 5.91 Å². The number of nitrogens with zero attached hydrogens (tertiary/aromatic N) is 1. The Morgan fingerprint density at radius 3 is 2.07 bits per heavy atom. The van der Waals surface area contributed by atoms with E-state index in [2.05, 4.69) is 12.2 Å². The Morgan fingerprint density at radius 1 is 0.929 bits per heavy atom. The second-order valence-electron chi connectivity index (χ2n) is 7.66. The van der Waals surface area contributed by atoms with Gasteiger partial charge in [-0.2, -0.15) is 0 Å². The molecule has 0 bridgehead atoms. The first-order valence-electron chi connectivity index (χ1n) is 10.9. The highest BCUT2D eigenvalue weighted by Crippen LogP contribution is 2.25. The minimum Gasteiger partial charge on any atom is -0.497 e. The Balaban J connectivity index is 1.60. The molecule has 2 rings (SSSR count). The molecule has 0 aromatic heterocycles.